The number of allylic oxidation sites excluding steroid dienone is 5. The van der Waals surface area contributed by atoms with E-state index in [1.54, 1.807) is 39.8 Å². The summed E-state index contributed by atoms with van der Waals surface area (Å²) in [6, 6.07) is 3.57. The van der Waals surface area contributed by atoms with Crippen LogP contribution in [0.25, 0.3) is 5.57 Å². The highest BCUT2D eigenvalue weighted by Crippen LogP contribution is 2.63. The number of hydrogen-bond acceptors (Lipinski definition) is 7. The molecule has 6 atom stereocenters. The second-order valence-corrected chi connectivity index (χ2v) is 13.1. The maximum Gasteiger partial charge on any atom is 0.190 e. The van der Waals surface area contributed by atoms with Gasteiger partial charge in [-0.2, -0.15) is 0 Å². The lowest BCUT2D eigenvalue weighted by atomic mass is 9.40. The third-order valence-electron chi connectivity index (χ3n) is 9.97. The lowest BCUT2D eigenvalue weighted by Crippen LogP contribution is -2.76. The van der Waals surface area contributed by atoms with Crippen LogP contribution in [0.5, 0.6) is 5.75 Å². The van der Waals surface area contributed by atoms with Crippen molar-refractivity contribution < 1.29 is 34.2 Å². The molecular formula is C33H36O7. The van der Waals surface area contributed by atoms with E-state index in [1.165, 1.54) is 0 Å². The van der Waals surface area contributed by atoms with Crippen LogP contribution in [-0.2, 0) is 25.6 Å². The molecule has 2 N–H and O–H groups in total. The van der Waals surface area contributed by atoms with Crippen molar-refractivity contribution in [1.29, 1.82) is 0 Å². The highest BCUT2D eigenvalue weighted by Gasteiger charge is 2.76. The lowest BCUT2D eigenvalue weighted by Gasteiger charge is -2.61. The number of rotatable bonds is 4. The quantitative estimate of drug-likeness (QED) is 0.539. The molecule has 0 radical (unpaired) electrons. The van der Waals surface area contributed by atoms with Crippen LogP contribution >= 0.6 is 0 Å². The standard InChI is InChI=1S/C33H36O7/c1-15(2)19-9-8-10-20(19)21-12-11-18-13-31(6)14-32(7)24(16(3)4)27(36)22(17(5)34)29(38)33(32,40)30(39)25(31)28(37)23(18)26(21)35/h8-9,11-12,16,22,24-25,35,40H,1,10,13-14H2,2-7H3/t22?,24?,25?,31-,32-,33+/m1/s1. The lowest BCUT2D eigenvalue weighted by molar-refractivity contribution is -0.205. The molecule has 4 aliphatic rings. The van der Waals surface area contributed by atoms with Gasteiger partial charge in [0.15, 0.2) is 28.7 Å². The van der Waals surface area contributed by atoms with Crippen LogP contribution < -0.4 is 0 Å². The first-order valence-corrected chi connectivity index (χ1v) is 13.8. The molecule has 0 amide bonds. The van der Waals surface area contributed by atoms with Gasteiger partial charge in [0.1, 0.15) is 17.5 Å². The van der Waals surface area contributed by atoms with E-state index in [0.29, 0.717) is 17.5 Å². The van der Waals surface area contributed by atoms with Crippen LogP contribution in [-0.4, -0.2) is 44.7 Å². The minimum absolute atomic E-state index is 0.0175. The minimum Gasteiger partial charge on any atom is -0.507 e. The van der Waals surface area contributed by atoms with Gasteiger partial charge in [-0.15, -0.1) is 0 Å². The number of hydrogen-bond donors (Lipinski definition) is 2. The molecule has 0 aliphatic heterocycles. The zero-order valence-corrected chi connectivity index (χ0v) is 23.9. The molecular weight excluding hydrogens is 508 g/mol. The summed E-state index contributed by atoms with van der Waals surface area (Å²) in [7, 11) is 0. The molecule has 0 spiro atoms. The molecule has 3 unspecified atom stereocenters. The molecule has 210 valence electrons. The molecule has 4 aliphatic carbocycles. The van der Waals surface area contributed by atoms with Gasteiger partial charge >= 0.3 is 0 Å². The fourth-order valence-corrected chi connectivity index (χ4v) is 8.53. The average Bonchev–Trinajstić information content (AvgIpc) is 3.31. The number of Topliss-reactive ketones (excluding diaryl/α,β-unsaturated/α-hetero) is 5. The number of fused-ring (bicyclic) bond motifs is 3. The van der Waals surface area contributed by atoms with E-state index in [4.69, 9.17) is 0 Å². The van der Waals surface area contributed by atoms with Gasteiger partial charge in [-0.05, 0) is 61.2 Å². The van der Waals surface area contributed by atoms with Gasteiger partial charge in [0.05, 0.1) is 11.5 Å². The number of aliphatic hydroxyl groups is 1. The minimum atomic E-state index is -2.69. The van der Waals surface area contributed by atoms with Crippen LogP contribution in [0.3, 0.4) is 0 Å². The van der Waals surface area contributed by atoms with Crippen molar-refractivity contribution in [3.63, 3.8) is 0 Å². The molecule has 0 bridgehead atoms. The molecule has 2 saturated carbocycles. The van der Waals surface area contributed by atoms with E-state index in [-0.39, 0.29) is 30.1 Å². The zero-order valence-electron chi connectivity index (χ0n) is 23.9. The predicted octanol–water partition coefficient (Wildman–Crippen LogP) is 4.38. The normalized spacial score (nSPS) is 35.1. The van der Waals surface area contributed by atoms with Crippen molar-refractivity contribution in [2.45, 2.75) is 66.4 Å². The monoisotopic (exact) mass is 544 g/mol. The molecule has 7 heteroatoms. The Labute approximate surface area is 234 Å². The van der Waals surface area contributed by atoms with Crippen molar-refractivity contribution >= 4 is 34.5 Å². The molecule has 0 saturated heterocycles. The molecule has 1 aromatic carbocycles. The summed E-state index contributed by atoms with van der Waals surface area (Å²) in [6.07, 6.45) is 4.69. The Morgan fingerprint density at radius 3 is 2.30 bits per heavy atom. The topological polar surface area (TPSA) is 126 Å². The van der Waals surface area contributed by atoms with Gasteiger partial charge in [0, 0.05) is 16.9 Å². The first-order chi connectivity index (χ1) is 18.5. The number of carbonyl (C=O) groups is 5. The summed E-state index contributed by atoms with van der Waals surface area (Å²) in [4.78, 5) is 68.4. The molecule has 7 nitrogen and oxygen atoms in total. The molecule has 5 rings (SSSR count). The molecule has 0 aromatic heterocycles. The summed E-state index contributed by atoms with van der Waals surface area (Å²) < 4.78 is 0. The Kier molecular flexibility index (Phi) is 6.16. The number of benzene rings is 1. The highest BCUT2D eigenvalue weighted by atomic mass is 16.3. The van der Waals surface area contributed by atoms with Crippen molar-refractivity contribution in [1.82, 2.24) is 0 Å². The van der Waals surface area contributed by atoms with E-state index in [0.717, 1.165) is 23.6 Å². The van der Waals surface area contributed by atoms with Gasteiger partial charge in [0.2, 0.25) is 0 Å². The number of phenols is 1. The van der Waals surface area contributed by atoms with Gasteiger partial charge in [-0.3, -0.25) is 24.0 Å². The van der Waals surface area contributed by atoms with E-state index >= 15 is 0 Å². The predicted molar refractivity (Wildman–Crippen MR) is 148 cm³/mol. The van der Waals surface area contributed by atoms with E-state index in [9.17, 15) is 34.2 Å². The molecule has 40 heavy (non-hydrogen) atoms. The van der Waals surface area contributed by atoms with E-state index in [2.05, 4.69) is 6.58 Å². The number of aromatic hydroxyl groups is 1. The van der Waals surface area contributed by atoms with Crippen LogP contribution in [0.15, 0.2) is 42.0 Å². The number of phenolic OH excluding ortho intramolecular Hbond substituents is 1. The Balaban J connectivity index is 1.70. The summed E-state index contributed by atoms with van der Waals surface area (Å²) in [5, 5.41) is 23.6. The summed E-state index contributed by atoms with van der Waals surface area (Å²) in [5.74, 6) is -8.82. The van der Waals surface area contributed by atoms with Crippen LogP contribution in [0.1, 0.15) is 75.9 Å². The second kappa shape index (κ2) is 8.77. The zero-order chi connectivity index (χ0) is 29.7. The van der Waals surface area contributed by atoms with Crippen molar-refractivity contribution in [2.24, 2.45) is 34.5 Å². The molecule has 0 heterocycles. The second-order valence-electron chi connectivity index (χ2n) is 13.1. The van der Waals surface area contributed by atoms with Crippen molar-refractivity contribution in [3.05, 3.63) is 58.7 Å². The summed E-state index contributed by atoms with van der Waals surface area (Å²) in [5.41, 5.74) is -1.66. The van der Waals surface area contributed by atoms with Gasteiger partial charge in [-0.25, -0.2) is 0 Å². The fourth-order valence-electron chi connectivity index (χ4n) is 8.53. The van der Waals surface area contributed by atoms with E-state index < -0.39 is 63.1 Å². The van der Waals surface area contributed by atoms with Gasteiger partial charge < -0.3 is 10.2 Å². The Bertz CT molecular complexity index is 1510. The molecule has 1 aromatic rings. The van der Waals surface area contributed by atoms with Crippen LogP contribution in [0, 0.1) is 34.5 Å². The SMILES string of the molecule is C=C(C)C1=C(c2ccc3c(c2O)C(=O)C2C(=O)[C@@]4(O)C(=O)C(C(C)=O)C(=O)C(C(C)C)[C@@]4(C)C[C@@]2(C)C3)CC=C1. The van der Waals surface area contributed by atoms with E-state index in [1.807, 2.05) is 19.1 Å². The smallest absolute Gasteiger partial charge is 0.190 e. The van der Waals surface area contributed by atoms with Crippen LogP contribution in [0.2, 0.25) is 0 Å². The maximum absolute atomic E-state index is 14.4. The van der Waals surface area contributed by atoms with Gasteiger partial charge in [0.25, 0.3) is 0 Å². The average molecular weight is 545 g/mol. The molecule has 2 fully saturated rings. The largest absolute Gasteiger partial charge is 0.507 e. The first-order valence-electron chi connectivity index (χ1n) is 13.8. The van der Waals surface area contributed by atoms with Crippen molar-refractivity contribution in [2.75, 3.05) is 0 Å². The first kappa shape index (κ1) is 28.1. The number of carbonyl (C=O) groups excluding carboxylic acids is 5. The fraction of sp³-hybridized carbons (Fsp3) is 0.485. The Morgan fingerprint density at radius 1 is 1.07 bits per heavy atom. The Hall–Kier alpha value is -3.45. The van der Waals surface area contributed by atoms with Crippen molar-refractivity contribution in [3.8, 4) is 5.75 Å². The summed E-state index contributed by atoms with van der Waals surface area (Å²) >= 11 is 0. The summed E-state index contributed by atoms with van der Waals surface area (Å²) in [6.45, 7) is 13.9. The third kappa shape index (κ3) is 3.36. The van der Waals surface area contributed by atoms with Gasteiger partial charge in [-0.1, -0.05) is 64.1 Å². The third-order valence-corrected chi connectivity index (χ3v) is 9.97. The number of ketones is 5. The van der Waals surface area contributed by atoms with Crippen LogP contribution in [0.4, 0.5) is 0 Å². The maximum atomic E-state index is 14.4. The Morgan fingerprint density at radius 2 is 1.73 bits per heavy atom. The highest BCUT2D eigenvalue weighted by molar-refractivity contribution is 6.32.